The van der Waals surface area contributed by atoms with Crippen LogP contribution in [-0.4, -0.2) is 179 Å². The molecule has 1 aliphatic heterocycles. The molecule has 0 unspecified atom stereocenters. The third kappa shape index (κ3) is 20.2. The van der Waals surface area contributed by atoms with Crippen LogP contribution in [0, 0.1) is 12.8 Å². The van der Waals surface area contributed by atoms with Crippen molar-refractivity contribution >= 4 is 59.1 Å². The van der Waals surface area contributed by atoms with Crippen molar-refractivity contribution < 1.29 is 63.3 Å². The van der Waals surface area contributed by atoms with Gasteiger partial charge in [-0.15, -0.1) is 0 Å². The van der Waals surface area contributed by atoms with Crippen molar-refractivity contribution in [3.8, 4) is 0 Å². The Kier molecular flexibility index (Phi) is 26.3. The van der Waals surface area contributed by atoms with Crippen LogP contribution in [0.25, 0.3) is 0 Å². The van der Waals surface area contributed by atoms with Crippen LogP contribution < -0.4 is 70.4 Å². The molecule has 27 heteroatoms. The minimum Gasteiger partial charge on any atom is -0.394 e. The molecule has 27 nitrogen and oxygen atoms in total. The number of aliphatic hydroxyl groups excluding tert-OH is 3. The fraction of sp³-hybridized carbons (Fsp3) is 0.571. The maximum Gasteiger partial charge on any atom is 0.270 e. The van der Waals surface area contributed by atoms with Crippen molar-refractivity contribution in [2.24, 2.45) is 23.1 Å². The molecule has 0 saturated carbocycles. The molecule has 2 aromatic rings. The molecule has 0 spiro atoms. The molecule has 0 aliphatic carbocycles. The lowest BCUT2D eigenvalue weighted by Crippen LogP contribution is -2.61. The molecule has 1 aromatic carbocycles. The second-order valence-electron chi connectivity index (χ2n) is 18.8. The van der Waals surface area contributed by atoms with E-state index < -0.39 is 145 Å². The zero-order valence-electron chi connectivity index (χ0n) is 43.4. The number of rotatable bonds is 19. The quantitative estimate of drug-likeness (QED) is 0.0623. The number of hydrogen-bond acceptors (Lipinski definition) is 17. The zero-order chi connectivity index (χ0) is 56.6. The van der Waals surface area contributed by atoms with E-state index in [4.69, 9.17) is 17.2 Å². The Labute approximate surface area is 440 Å². The highest BCUT2D eigenvalue weighted by Gasteiger charge is 2.37. The Morgan fingerprint density at radius 2 is 1.16 bits per heavy atom. The predicted octanol–water partition coefficient (Wildman–Crippen LogP) is -6.02. The van der Waals surface area contributed by atoms with Crippen LogP contribution in [0.3, 0.4) is 0 Å². The van der Waals surface area contributed by atoms with E-state index in [1.54, 1.807) is 63.2 Å². The number of benzene rings is 1. The van der Waals surface area contributed by atoms with Crippen molar-refractivity contribution in [1.29, 1.82) is 0 Å². The number of aliphatic hydroxyl groups is 3. The number of amides is 10. The summed E-state index contributed by atoms with van der Waals surface area (Å²) < 4.78 is 0. The normalized spacial score (nSPS) is 23.4. The average Bonchev–Trinajstić information content (AvgIpc) is 3.36. The highest BCUT2D eigenvalue weighted by atomic mass is 16.3. The molecule has 3 rings (SSSR count). The van der Waals surface area contributed by atoms with E-state index in [0.29, 0.717) is 11.3 Å². The lowest BCUT2D eigenvalue weighted by atomic mass is 10.00. The van der Waals surface area contributed by atoms with E-state index in [9.17, 15) is 63.3 Å². The van der Waals surface area contributed by atoms with Gasteiger partial charge in [0.05, 0.1) is 18.8 Å². The summed E-state index contributed by atoms with van der Waals surface area (Å²) in [7, 11) is 0. The summed E-state index contributed by atoms with van der Waals surface area (Å²) in [6, 6.07) is -0.835. The van der Waals surface area contributed by atoms with Gasteiger partial charge in [0.2, 0.25) is 53.2 Å². The van der Waals surface area contributed by atoms with Gasteiger partial charge in [-0.2, -0.15) is 0 Å². The molecule has 1 fully saturated rings. The summed E-state index contributed by atoms with van der Waals surface area (Å²) in [6.07, 6.45) is -4.21. The Morgan fingerprint density at radius 1 is 0.645 bits per heavy atom. The van der Waals surface area contributed by atoms with Crippen molar-refractivity contribution in [3.63, 3.8) is 0 Å². The number of nitrogens with one attached hydrogen (secondary N) is 10. The van der Waals surface area contributed by atoms with Gasteiger partial charge in [-0.25, -0.2) is 4.98 Å². The number of nitrogens with two attached hydrogens (primary N) is 3. The zero-order valence-corrected chi connectivity index (χ0v) is 43.4. The van der Waals surface area contributed by atoms with Gasteiger partial charge in [-0.3, -0.25) is 47.9 Å². The molecular formula is C49H76N14O13. The van der Waals surface area contributed by atoms with Gasteiger partial charge >= 0.3 is 0 Å². The van der Waals surface area contributed by atoms with Crippen molar-refractivity contribution in [3.05, 3.63) is 65.5 Å². The van der Waals surface area contributed by atoms with Gasteiger partial charge in [-0.05, 0) is 96.1 Å². The van der Waals surface area contributed by atoms with E-state index in [1.807, 2.05) is 0 Å². The molecule has 420 valence electrons. The Bertz CT molecular complexity index is 2310. The molecule has 10 amide bonds. The van der Waals surface area contributed by atoms with Crippen LogP contribution >= 0.6 is 0 Å². The fourth-order valence-corrected chi connectivity index (χ4v) is 7.83. The van der Waals surface area contributed by atoms with Crippen LogP contribution in [0.5, 0.6) is 0 Å². The number of nitrogens with zero attached hydrogens (tertiary/aromatic N) is 1. The Morgan fingerprint density at radius 3 is 1.67 bits per heavy atom. The molecule has 0 radical (unpaired) electrons. The SMILES string of the molecule is Cc1cccc(C(=O)N[C@H](C(=O)N[C@H](CO)C(=O)N[C@H]2CCNC(=O)[C@H]([C@@H](C)O)NC(=O)[C@H](CCN)NC(=O)[C@H](CCN)NC(=O)[C@H](CC(C)C)NC(=O)[C@@H](Cc3ccccc3)NC(=O)[C@H](CCN)NC2=O)[C@@H](C)O)n1. The molecule has 76 heavy (non-hydrogen) atoms. The number of carbonyl (C=O) groups is 10. The summed E-state index contributed by atoms with van der Waals surface area (Å²) in [5.41, 5.74) is 18.5. The summed E-state index contributed by atoms with van der Waals surface area (Å²) in [5, 5.41) is 56.3. The van der Waals surface area contributed by atoms with Gasteiger partial charge < -0.3 is 85.7 Å². The first kappa shape index (κ1) is 63.1. The minimum absolute atomic E-state index is 0.0464. The average molecular weight is 1070 g/mol. The summed E-state index contributed by atoms with van der Waals surface area (Å²) in [6.45, 7) is 5.54. The number of hydrogen-bond donors (Lipinski definition) is 16. The van der Waals surface area contributed by atoms with E-state index >= 15 is 0 Å². The monoisotopic (exact) mass is 1070 g/mol. The molecular weight excluding hydrogens is 993 g/mol. The first-order chi connectivity index (χ1) is 36.0. The lowest BCUT2D eigenvalue weighted by molar-refractivity contribution is -0.136. The van der Waals surface area contributed by atoms with Crippen LogP contribution in [0.15, 0.2) is 48.5 Å². The number of aryl methyl sites for hydroxylation is 1. The van der Waals surface area contributed by atoms with Crippen LogP contribution in [0.4, 0.5) is 0 Å². The maximum absolute atomic E-state index is 14.3. The first-order valence-electron chi connectivity index (χ1n) is 25.1. The van der Waals surface area contributed by atoms with E-state index in [-0.39, 0.29) is 63.4 Å². The van der Waals surface area contributed by atoms with E-state index in [1.165, 1.54) is 19.9 Å². The maximum atomic E-state index is 14.3. The van der Waals surface area contributed by atoms with E-state index in [0.717, 1.165) is 0 Å². The van der Waals surface area contributed by atoms with Gasteiger partial charge in [0.15, 0.2) is 0 Å². The lowest BCUT2D eigenvalue weighted by Gasteiger charge is -2.28. The molecule has 11 atom stereocenters. The van der Waals surface area contributed by atoms with Gasteiger partial charge in [0.25, 0.3) is 5.91 Å². The minimum atomic E-state index is -1.84. The van der Waals surface area contributed by atoms with E-state index in [2.05, 4.69) is 58.2 Å². The largest absolute Gasteiger partial charge is 0.394 e. The third-order valence-electron chi connectivity index (χ3n) is 11.9. The summed E-state index contributed by atoms with van der Waals surface area (Å²) >= 11 is 0. The third-order valence-corrected chi connectivity index (χ3v) is 11.9. The standard InChI is InChI=1S/C49H76N14O13/c1-25(2)22-35-45(72)57-31(14-18-50)40(67)56-33(16-20-52)44(71)62-38(27(4)65)48(75)53-21-17-34(42(69)55-32(15-19-51)41(68)60-36(46(73)59-35)23-29-11-7-6-8-12-29)58-47(74)37(24-64)61-49(76)39(28(5)66)63-43(70)30-13-9-10-26(3)54-30/h6-13,25,27-28,31-39,64-66H,14-24,50-52H2,1-5H3,(H,53,75)(H,55,69)(H,56,67)(H,57,72)(H,58,74)(H,59,73)(H,60,68)(H,61,76)(H,62,71)(H,63,70)/t27-,28-,31+,32+,33+,34+,35+,36-,37-,38+,39+/m1/s1. The van der Waals surface area contributed by atoms with Crippen LogP contribution in [-0.2, 0) is 49.6 Å². The Hall–Kier alpha value is -7.17. The van der Waals surface area contributed by atoms with Crippen molar-refractivity contribution in [1.82, 2.24) is 58.2 Å². The number of carbonyl (C=O) groups excluding carboxylic acids is 10. The Balaban J connectivity index is 2.10. The predicted molar refractivity (Wildman–Crippen MR) is 274 cm³/mol. The van der Waals surface area contributed by atoms with Gasteiger partial charge in [0.1, 0.15) is 60.1 Å². The second-order valence-corrected chi connectivity index (χ2v) is 18.8. The number of pyridine rings is 1. The first-order valence-corrected chi connectivity index (χ1v) is 25.1. The number of aromatic nitrogens is 1. The van der Waals surface area contributed by atoms with Gasteiger partial charge in [0, 0.05) is 18.7 Å². The smallest absolute Gasteiger partial charge is 0.270 e. The van der Waals surface area contributed by atoms with Crippen molar-refractivity contribution in [2.75, 3.05) is 32.8 Å². The van der Waals surface area contributed by atoms with Gasteiger partial charge in [-0.1, -0.05) is 50.2 Å². The summed E-state index contributed by atoms with van der Waals surface area (Å²) in [4.78, 5) is 143. The molecule has 1 aromatic heterocycles. The highest BCUT2D eigenvalue weighted by molar-refractivity contribution is 6.00. The fourth-order valence-electron chi connectivity index (χ4n) is 7.83. The highest BCUT2D eigenvalue weighted by Crippen LogP contribution is 2.11. The molecule has 0 bridgehead atoms. The molecule has 1 saturated heterocycles. The van der Waals surface area contributed by atoms with Crippen molar-refractivity contribution in [2.45, 2.75) is 140 Å². The summed E-state index contributed by atoms with van der Waals surface area (Å²) in [5.74, 6) is -9.82. The van der Waals surface area contributed by atoms with Crippen LogP contribution in [0.2, 0.25) is 0 Å². The molecule has 19 N–H and O–H groups in total. The second kappa shape index (κ2) is 31.7. The molecule has 1 aliphatic rings. The topological polar surface area (TPSA) is 443 Å². The molecule has 2 heterocycles. The van der Waals surface area contributed by atoms with Crippen LogP contribution in [0.1, 0.15) is 81.5 Å².